The number of carbonyl (C=O) groups excluding carboxylic acids is 2. The van der Waals surface area contributed by atoms with Crippen LogP contribution in [-0.2, 0) is 9.47 Å². The summed E-state index contributed by atoms with van der Waals surface area (Å²) in [5, 5.41) is 34.7. The van der Waals surface area contributed by atoms with Crippen molar-refractivity contribution in [1.82, 2.24) is 9.88 Å². The topological polar surface area (TPSA) is 165 Å². The highest BCUT2D eigenvalue weighted by atomic mass is 79.9. The Morgan fingerprint density at radius 3 is 2.18 bits per heavy atom. The second-order valence-electron chi connectivity index (χ2n) is 8.31. The molecule has 0 spiro atoms. The SMILES string of the molecule is COCCCNc1nc(NCCCOC)c(/N=N/c2c(C#N)cc3c(c2Br)C(=O)N(C)C3=O)c(C)c1C#N. The van der Waals surface area contributed by atoms with Gasteiger partial charge in [0.05, 0.1) is 26.7 Å². The molecule has 38 heavy (non-hydrogen) atoms. The van der Waals surface area contributed by atoms with Crippen LogP contribution in [-0.4, -0.2) is 69.3 Å². The van der Waals surface area contributed by atoms with E-state index in [1.165, 1.54) is 13.1 Å². The van der Waals surface area contributed by atoms with Gasteiger partial charge in [0.1, 0.15) is 29.3 Å². The molecule has 198 valence electrons. The maximum Gasteiger partial charge on any atom is 0.262 e. The molecule has 2 N–H and O–H groups in total. The number of nitrogens with one attached hydrogen (secondary N) is 2. The van der Waals surface area contributed by atoms with Gasteiger partial charge in [0, 0.05) is 53.1 Å². The highest BCUT2D eigenvalue weighted by Crippen LogP contribution is 2.41. The lowest BCUT2D eigenvalue weighted by atomic mass is 10.0. The lowest BCUT2D eigenvalue weighted by molar-refractivity contribution is 0.0693. The molecule has 0 atom stereocenters. The summed E-state index contributed by atoms with van der Waals surface area (Å²) in [6.45, 7) is 3.90. The van der Waals surface area contributed by atoms with Crippen LogP contribution >= 0.6 is 15.9 Å². The molecule has 0 unspecified atom stereocenters. The number of rotatable bonds is 12. The number of hydrogen-bond donors (Lipinski definition) is 2. The van der Waals surface area contributed by atoms with Gasteiger partial charge < -0.3 is 20.1 Å². The fraction of sp³-hybridized carbons (Fsp3) is 0.400. The van der Waals surface area contributed by atoms with Crippen LogP contribution in [0, 0.1) is 29.6 Å². The number of hydrogen-bond acceptors (Lipinski definition) is 11. The highest BCUT2D eigenvalue weighted by molar-refractivity contribution is 9.10. The number of fused-ring (bicyclic) bond motifs is 1. The van der Waals surface area contributed by atoms with Crippen molar-refractivity contribution in [2.45, 2.75) is 19.8 Å². The van der Waals surface area contributed by atoms with Crippen LogP contribution in [0.5, 0.6) is 0 Å². The second kappa shape index (κ2) is 13.1. The van der Waals surface area contributed by atoms with Crippen LogP contribution in [0.25, 0.3) is 0 Å². The second-order valence-corrected chi connectivity index (χ2v) is 9.10. The minimum absolute atomic E-state index is 0.0629. The maximum atomic E-state index is 12.6. The third-order valence-corrected chi connectivity index (χ3v) is 6.60. The summed E-state index contributed by atoms with van der Waals surface area (Å²) in [5.41, 5.74) is 1.52. The van der Waals surface area contributed by atoms with E-state index in [1.807, 2.05) is 6.07 Å². The van der Waals surface area contributed by atoms with Gasteiger partial charge in [0.15, 0.2) is 5.82 Å². The molecular formula is C25H27BrN8O4. The number of nitrogens with zero attached hydrogens (tertiary/aromatic N) is 6. The normalized spacial score (nSPS) is 12.6. The van der Waals surface area contributed by atoms with Crippen LogP contribution in [0.1, 0.15) is 50.2 Å². The van der Waals surface area contributed by atoms with Gasteiger partial charge >= 0.3 is 0 Å². The Hall–Kier alpha value is -3.91. The van der Waals surface area contributed by atoms with E-state index >= 15 is 0 Å². The molecule has 0 saturated heterocycles. The van der Waals surface area contributed by atoms with Crippen molar-refractivity contribution < 1.29 is 19.1 Å². The van der Waals surface area contributed by atoms with Crippen LogP contribution in [0.15, 0.2) is 20.8 Å². The summed E-state index contributed by atoms with van der Waals surface area (Å²) in [5.74, 6) is -0.220. The summed E-state index contributed by atoms with van der Waals surface area (Å²) in [6.07, 6.45) is 1.42. The van der Waals surface area contributed by atoms with Crippen molar-refractivity contribution in [1.29, 1.82) is 10.5 Å². The molecule has 0 bridgehead atoms. The van der Waals surface area contributed by atoms with E-state index < -0.39 is 11.8 Å². The number of methoxy groups -OCH3 is 2. The molecule has 3 rings (SSSR count). The average Bonchev–Trinajstić information content (AvgIpc) is 3.13. The van der Waals surface area contributed by atoms with Crippen LogP contribution in [0.2, 0.25) is 0 Å². The van der Waals surface area contributed by atoms with Gasteiger partial charge in [-0.1, -0.05) is 0 Å². The van der Waals surface area contributed by atoms with E-state index in [4.69, 9.17) is 9.47 Å². The van der Waals surface area contributed by atoms with Crippen LogP contribution in [0.3, 0.4) is 0 Å². The number of nitriles is 2. The minimum Gasteiger partial charge on any atom is -0.385 e. The fourth-order valence-electron chi connectivity index (χ4n) is 3.79. The van der Waals surface area contributed by atoms with E-state index in [2.05, 4.69) is 47.8 Å². The summed E-state index contributed by atoms with van der Waals surface area (Å²) in [6, 6.07) is 5.52. The molecule has 0 aliphatic carbocycles. The molecule has 1 aliphatic rings. The third-order valence-electron chi connectivity index (χ3n) is 5.83. The molecule has 1 aromatic heterocycles. The fourth-order valence-corrected chi connectivity index (χ4v) is 4.47. The van der Waals surface area contributed by atoms with E-state index in [-0.39, 0.29) is 26.9 Å². The smallest absolute Gasteiger partial charge is 0.262 e. The number of ether oxygens (including phenoxy) is 2. The van der Waals surface area contributed by atoms with E-state index in [9.17, 15) is 20.1 Å². The van der Waals surface area contributed by atoms with Crippen molar-refractivity contribution >= 4 is 50.8 Å². The Kier molecular flexibility index (Phi) is 9.85. The standard InChI is InChI=1S/C25H27BrN8O4/c1-14-17(13-28)22(29-7-5-9-37-3)31-23(30-8-6-10-38-4)20(14)32-33-21-15(12-27)11-16-18(19(21)26)25(36)34(2)24(16)35/h11H,5-10H2,1-4H3,(H2,29,30,31)/b33-32+. The van der Waals surface area contributed by atoms with Crippen molar-refractivity contribution in [2.75, 3.05) is 58.2 Å². The lowest BCUT2D eigenvalue weighted by Crippen LogP contribution is -2.24. The summed E-state index contributed by atoms with van der Waals surface area (Å²) < 4.78 is 10.4. The largest absolute Gasteiger partial charge is 0.385 e. The van der Waals surface area contributed by atoms with Gasteiger partial charge in [-0.2, -0.15) is 10.5 Å². The number of pyridine rings is 1. The van der Waals surface area contributed by atoms with Crippen LogP contribution in [0.4, 0.5) is 23.0 Å². The number of imide groups is 1. The van der Waals surface area contributed by atoms with Crippen LogP contribution < -0.4 is 10.6 Å². The number of anilines is 2. The monoisotopic (exact) mass is 582 g/mol. The molecular weight excluding hydrogens is 556 g/mol. The van der Waals surface area contributed by atoms with Crippen molar-refractivity contribution in [3.63, 3.8) is 0 Å². The Bertz CT molecular complexity index is 1360. The predicted octanol–water partition coefficient (Wildman–Crippen LogP) is 4.43. The summed E-state index contributed by atoms with van der Waals surface area (Å²) in [7, 11) is 4.60. The molecule has 0 saturated carbocycles. The number of halogens is 1. The molecule has 1 aliphatic heterocycles. The Morgan fingerprint density at radius 1 is 1.00 bits per heavy atom. The molecule has 13 heteroatoms. The highest BCUT2D eigenvalue weighted by Gasteiger charge is 2.37. The molecule has 0 radical (unpaired) electrons. The molecule has 2 aromatic rings. The zero-order valence-electron chi connectivity index (χ0n) is 21.5. The van der Waals surface area contributed by atoms with Crippen molar-refractivity contribution in [3.8, 4) is 12.1 Å². The van der Waals surface area contributed by atoms with Gasteiger partial charge in [0.2, 0.25) is 0 Å². The number of carbonyl (C=O) groups is 2. The zero-order valence-corrected chi connectivity index (χ0v) is 23.1. The average molecular weight is 583 g/mol. The predicted molar refractivity (Wildman–Crippen MR) is 143 cm³/mol. The Morgan fingerprint density at radius 2 is 1.61 bits per heavy atom. The van der Waals surface area contributed by atoms with Gasteiger partial charge in [-0.25, -0.2) is 4.98 Å². The third kappa shape index (κ3) is 5.81. The van der Waals surface area contributed by atoms with Crippen molar-refractivity contribution in [2.24, 2.45) is 10.2 Å². The van der Waals surface area contributed by atoms with Gasteiger partial charge in [0.25, 0.3) is 11.8 Å². The van der Waals surface area contributed by atoms with Gasteiger partial charge in [-0.3, -0.25) is 14.5 Å². The zero-order chi connectivity index (χ0) is 27.8. The van der Waals surface area contributed by atoms with E-state index in [0.29, 0.717) is 61.2 Å². The first-order valence-electron chi connectivity index (χ1n) is 11.7. The lowest BCUT2D eigenvalue weighted by Gasteiger charge is -2.15. The molecule has 2 heterocycles. The van der Waals surface area contributed by atoms with E-state index in [1.54, 1.807) is 21.1 Å². The van der Waals surface area contributed by atoms with Gasteiger partial charge in [-0.05, 0) is 41.8 Å². The number of benzene rings is 1. The molecule has 0 fully saturated rings. The molecule has 12 nitrogen and oxygen atoms in total. The number of amides is 2. The molecule has 2 amide bonds. The van der Waals surface area contributed by atoms with Gasteiger partial charge in [-0.15, -0.1) is 10.2 Å². The minimum atomic E-state index is -0.508. The first-order chi connectivity index (χ1) is 18.3. The quantitative estimate of drug-likeness (QED) is 0.209. The first kappa shape index (κ1) is 28.7. The number of aromatic nitrogens is 1. The Labute approximate surface area is 228 Å². The van der Waals surface area contributed by atoms with E-state index in [0.717, 1.165) is 11.3 Å². The first-order valence-corrected chi connectivity index (χ1v) is 12.5. The number of azo groups is 1. The summed E-state index contributed by atoms with van der Waals surface area (Å²) >= 11 is 3.35. The Balaban J connectivity index is 2.09. The summed E-state index contributed by atoms with van der Waals surface area (Å²) in [4.78, 5) is 30.6. The molecule has 1 aromatic carbocycles. The maximum absolute atomic E-state index is 12.6. The van der Waals surface area contributed by atoms with Crippen molar-refractivity contribution in [3.05, 3.63) is 38.4 Å².